The van der Waals surface area contributed by atoms with Crippen molar-refractivity contribution in [3.8, 4) is 0 Å². The zero-order chi connectivity index (χ0) is 19.8. The number of nitrogens with one attached hydrogen (secondary N) is 1. The van der Waals surface area contributed by atoms with Crippen molar-refractivity contribution in [2.24, 2.45) is 17.3 Å². The molecule has 2 rings (SSSR count). The lowest BCUT2D eigenvalue weighted by molar-refractivity contribution is -0.162. The minimum absolute atomic E-state index is 0.194. The number of amides is 1. The van der Waals surface area contributed by atoms with Crippen LogP contribution in [0.4, 0.5) is 4.79 Å². The zero-order valence-electron chi connectivity index (χ0n) is 17.4. The molecule has 2 unspecified atom stereocenters. The normalized spacial score (nSPS) is 27.9. The highest BCUT2D eigenvalue weighted by atomic mass is 16.6. The molecule has 0 aromatic carbocycles. The first kappa shape index (κ1) is 20.8. The number of carbonyl (C=O) groups excluding carboxylic acids is 2. The van der Waals surface area contributed by atoms with E-state index in [0.717, 1.165) is 19.3 Å². The van der Waals surface area contributed by atoms with Crippen molar-refractivity contribution in [3.05, 3.63) is 11.6 Å². The third-order valence-electron chi connectivity index (χ3n) is 5.18. The van der Waals surface area contributed by atoms with Gasteiger partial charge in [0.2, 0.25) is 0 Å². The Labute approximate surface area is 157 Å². The molecule has 0 aromatic heterocycles. The number of hydrogen-bond acceptors (Lipinski definition) is 4. The van der Waals surface area contributed by atoms with Gasteiger partial charge >= 0.3 is 12.1 Å². The smallest absolute Gasteiger partial charge is 0.407 e. The standard InChI is InChI=1S/C21H35NO4/c1-8-14-9-15-11-21(16(15)10-14,12-17(23)25-19(2,3)4)13-22-18(24)26-20(5,6)7/h10,15-16H,8-9,11-13H2,1-7H3,(H,22,24)/t15?,16?,21-/m1/s1. The maximum atomic E-state index is 12.5. The van der Waals surface area contributed by atoms with Crippen LogP contribution in [0.1, 0.15) is 74.1 Å². The lowest BCUT2D eigenvalue weighted by Gasteiger charge is -2.52. The summed E-state index contributed by atoms with van der Waals surface area (Å²) in [5.41, 5.74) is 0.164. The van der Waals surface area contributed by atoms with E-state index in [-0.39, 0.29) is 11.4 Å². The molecule has 1 fully saturated rings. The van der Waals surface area contributed by atoms with E-state index in [4.69, 9.17) is 9.47 Å². The zero-order valence-corrected chi connectivity index (χ0v) is 17.4. The Balaban J connectivity index is 2.07. The second kappa shape index (κ2) is 7.24. The van der Waals surface area contributed by atoms with Crippen LogP contribution in [0.5, 0.6) is 0 Å². The van der Waals surface area contributed by atoms with Crippen LogP contribution >= 0.6 is 0 Å². The second-order valence-corrected chi connectivity index (χ2v) is 9.85. The highest BCUT2D eigenvalue weighted by Crippen LogP contribution is 2.60. The first-order chi connectivity index (χ1) is 11.8. The number of fused-ring (bicyclic) bond motifs is 1. The number of esters is 1. The Hall–Kier alpha value is -1.52. The number of allylic oxidation sites excluding steroid dienone is 2. The van der Waals surface area contributed by atoms with E-state index in [1.807, 2.05) is 41.5 Å². The summed E-state index contributed by atoms with van der Waals surface area (Å²) >= 11 is 0. The van der Waals surface area contributed by atoms with Gasteiger partial charge in [0.05, 0.1) is 6.42 Å². The van der Waals surface area contributed by atoms with Gasteiger partial charge in [0.15, 0.2) is 0 Å². The van der Waals surface area contributed by atoms with Gasteiger partial charge in [-0.1, -0.05) is 18.6 Å². The van der Waals surface area contributed by atoms with Gasteiger partial charge in [0, 0.05) is 12.0 Å². The summed E-state index contributed by atoms with van der Waals surface area (Å²) in [5.74, 6) is 0.730. The first-order valence-electron chi connectivity index (χ1n) is 9.72. The Bertz CT molecular complexity index is 582. The summed E-state index contributed by atoms with van der Waals surface area (Å²) in [6.45, 7) is 13.8. The number of alkyl carbamates (subject to hydrolysis) is 1. The van der Waals surface area contributed by atoms with E-state index in [9.17, 15) is 9.59 Å². The summed E-state index contributed by atoms with van der Waals surface area (Å²) in [6.07, 6.45) is 5.33. The van der Waals surface area contributed by atoms with Crippen LogP contribution in [0.15, 0.2) is 11.6 Å². The van der Waals surface area contributed by atoms with Gasteiger partial charge in [-0.05, 0) is 72.6 Å². The van der Waals surface area contributed by atoms with Crippen LogP contribution < -0.4 is 5.32 Å². The van der Waals surface area contributed by atoms with E-state index in [2.05, 4.69) is 18.3 Å². The van der Waals surface area contributed by atoms with Crippen LogP contribution in [0.3, 0.4) is 0 Å². The van der Waals surface area contributed by atoms with E-state index < -0.39 is 17.3 Å². The summed E-state index contributed by atoms with van der Waals surface area (Å²) in [4.78, 5) is 24.6. The van der Waals surface area contributed by atoms with E-state index in [0.29, 0.717) is 24.8 Å². The highest BCUT2D eigenvalue weighted by Gasteiger charge is 2.56. The van der Waals surface area contributed by atoms with E-state index in [1.165, 1.54) is 5.57 Å². The molecule has 0 aliphatic heterocycles. The molecule has 2 aliphatic rings. The maximum Gasteiger partial charge on any atom is 0.407 e. The van der Waals surface area contributed by atoms with Crippen molar-refractivity contribution in [2.45, 2.75) is 85.4 Å². The lowest BCUT2D eigenvalue weighted by Crippen LogP contribution is -2.54. The SMILES string of the molecule is CCC1=CC2C(C1)C[C@]2(CNC(=O)OC(C)(C)C)CC(=O)OC(C)(C)C. The summed E-state index contributed by atoms with van der Waals surface area (Å²) in [7, 11) is 0. The van der Waals surface area contributed by atoms with Crippen LogP contribution in [-0.4, -0.2) is 29.8 Å². The van der Waals surface area contributed by atoms with Crippen molar-refractivity contribution < 1.29 is 19.1 Å². The fourth-order valence-corrected chi connectivity index (χ4v) is 4.23. The van der Waals surface area contributed by atoms with Gasteiger partial charge in [-0.3, -0.25) is 4.79 Å². The number of rotatable bonds is 5. The summed E-state index contributed by atoms with van der Waals surface area (Å²) in [5, 5.41) is 2.90. The molecule has 1 N–H and O–H groups in total. The topological polar surface area (TPSA) is 64.6 Å². The molecule has 5 heteroatoms. The number of hydrogen-bond donors (Lipinski definition) is 1. The number of carbonyl (C=O) groups is 2. The van der Waals surface area contributed by atoms with Gasteiger partial charge in [0.1, 0.15) is 11.2 Å². The summed E-state index contributed by atoms with van der Waals surface area (Å²) < 4.78 is 10.9. The fraction of sp³-hybridized carbons (Fsp3) is 0.810. The molecule has 0 bridgehead atoms. The predicted molar refractivity (Wildman–Crippen MR) is 102 cm³/mol. The summed E-state index contributed by atoms with van der Waals surface area (Å²) in [6, 6.07) is 0. The van der Waals surface area contributed by atoms with Crippen LogP contribution in [-0.2, 0) is 14.3 Å². The highest BCUT2D eigenvalue weighted by molar-refractivity contribution is 5.72. The van der Waals surface area contributed by atoms with Crippen molar-refractivity contribution in [1.82, 2.24) is 5.32 Å². The van der Waals surface area contributed by atoms with Crippen molar-refractivity contribution in [1.29, 1.82) is 0 Å². The minimum Gasteiger partial charge on any atom is -0.460 e. The molecule has 0 radical (unpaired) electrons. The molecule has 0 heterocycles. The second-order valence-electron chi connectivity index (χ2n) is 9.85. The average Bonchev–Trinajstić information content (AvgIpc) is 2.77. The third kappa shape index (κ3) is 5.24. The Morgan fingerprint density at radius 1 is 1.15 bits per heavy atom. The van der Waals surface area contributed by atoms with Crippen LogP contribution in [0, 0.1) is 17.3 Å². The van der Waals surface area contributed by atoms with Gasteiger partial charge in [-0.2, -0.15) is 0 Å². The van der Waals surface area contributed by atoms with Crippen molar-refractivity contribution >= 4 is 12.1 Å². The molecule has 0 aromatic rings. The van der Waals surface area contributed by atoms with Crippen LogP contribution in [0.2, 0.25) is 0 Å². The monoisotopic (exact) mass is 365 g/mol. The molecule has 3 atom stereocenters. The predicted octanol–water partition coefficient (Wildman–Crippen LogP) is 4.61. The van der Waals surface area contributed by atoms with Crippen molar-refractivity contribution in [3.63, 3.8) is 0 Å². The molecule has 26 heavy (non-hydrogen) atoms. The lowest BCUT2D eigenvalue weighted by atomic mass is 9.53. The van der Waals surface area contributed by atoms with Crippen molar-refractivity contribution in [2.75, 3.05) is 6.54 Å². The Morgan fingerprint density at radius 3 is 2.31 bits per heavy atom. The number of ether oxygens (including phenoxy) is 2. The molecule has 2 aliphatic carbocycles. The van der Waals surface area contributed by atoms with Gasteiger partial charge in [0.25, 0.3) is 0 Å². The molecule has 5 nitrogen and oxygen atoms in total. The minimum atomic E-state index is -0.535. The Kier molecular flexibility index (Phi) is 5.79. The molecular weight excluding hydrogens is 330 g/mol. The Morgan fingerprint density at radius 2 is 1.77 bits per heavy atom. The molecule has 0 saturated heterocycles. The van der Waals surface area contributed by atoms with E-state index in [1.54, 1.807) is 0 Å². The fourth-order valence-electron chi connectivity index (χ4n) is 4.23. The quantitative estimate of drug-likeness (QED) is 0.571. The molecule has 148 valence electrons. The van der Waals surface area contributed by atoms with Gasteiger partial charge in [-0.15, -0.1) is 0 Å². The maximum absolute atomic E-state index is 12.5. The van der Waals surface area contributed by atoms with Gasteiger partial charge in [-0.25, -0.2) is 4.79 Å². The van der Waals surface area contributed by atoms with Gasteiger partial charge < -0.3 is 14.8 Å². The van der Waals surface area contributed by atoms with Crippen LogP contribution in [0.25, 0.3) is 0 Å². The largest absolute Gasteiger partial charge is 0.460 e. The molecule has 1 amide bonds. The first-order valence-corrected chi connectivity index (χ1v) is 9.72. The molecular formula is C21H35NO4. The van der Waals surface area contributed by atoms with E-state index >= 15 is 0 Å². The molecule has 0 spiro atoms. The molecule has 1 saturated carbocycles. The average molecular weight is 366 g/mol. The third-order valence-corrected chi connectivity index (χ3v) is 5.18.